The van der Waals surface area contributed by atoms with Gasteiger partial charge in [0.25, 0.3) is 0 Å². The highest BCUT2D eigenvalue weighted by atomic mass is 32.2. The molecular formula is C35H41N3O4S. The number of amides is 2. The largest absolute Gasteiger partial charge is 0.465 e. The summed E-state index contributed by atoms with van der Waals surface area (Å²) in [6, 6.07) is 27.1. The number of carbonyl (C=O) groups is 2. The molecule has 0 saturated carbocycles. The molecule has 2 fully saturated rings. The van der Waals surface area contributed by atoms with Crippen molar-refractivity contribution in [3.05, 3.63) is 90.0 Å². The SMILES string of the molecule is O=C(N[C@H](CCN1CCC2(CC1)CCN(C(=O)O)CC2)CSc1ccccc1)OCC1c2ccccc2-c2ccccc21. The second kappa shape index (κ2) is 13.4. The second-order valence-electron chi connectivity index (χ2n) is 12.2. The molecule has 0 bridgehead atoms. The number of piperidine rings is 2. The van der Waals surface area contributed by atoms with Gasteiger partial charge in [-0.25, -0.2) is 9.59 Å². The lowest BCUT2D eigenvalue weighted by Crippen LogP contribution is -2.48. The van der Waals surface area contributed by atoms with Gasteiger partial charge in [0.2, 0.25) is 0 Å². The van der Waals surface area contributed by atoms with E-state index in [9.17, 15) is 14.7 Å². The fourth-order valence-corrected chi connectivity index (χ4v) is 7.97. The zero-order valence-electron chi connectivity index (χ0n) is 24.6. The number of hydrogen-bond acceptors (Lipinski definition) is 5. The molecule has 0 aromatic heterocycles. The summed E-state index contributed by atoms with van der Waals surface area (Å²) in [5.74, 6) is 0.815. The van der Waals surface area contributed by atoms with Crippen molar-refractivity contribution >= 4 is 23.9 Å². The highest BCUT2D eigenvalue weighted by Gasteiger charge is 2.38. The number of hydrogen-bond donors (Lipinski definition) is 2. The van der Waals surface area contributed by atoms with Gasteiger partial charge in [-0.05, 0) is 85.0 Å². The van der Waals surface area contributed by atoms with E-state index in [2.05, 4.69) is 70.9 Å². The first-order valence-electron chi connectivity index (χ1n) is 15.5. The summed E-state index contributed by atoms with van der Waals surface area (Å²) in [6.45, 7) is 4.58. The zero-order chi connectivity index (χ0) is 29.6. The number of thioether (sulfide) groups is 1. The number of carbonyl (C=O) groups excluding carboxylic acids is 1. The predicted molar refractivity (Wildman–Crippen MR) is 171 cm³/mol. The number of alkyl carbamates (subject to hydrolysis) is 1. The molecule has 0 unspecified atom stereocenters. The molecule has 2 N–H and O–H groups in total. The maximum atomic E-state index is 13.2. The van der Waals surface area contributed by atoms with E-state index in [-0.39, 0.29) is 23.5 Å². The third-order valence-corrected chi connectivity index (χ3v) is 10.8. The molecule has 43 heavy (non-hydrogen) atoms. The number of rotatable bonds is 9. The summed E-state index contributed by atoms with van der Waals surface area (Å²) < 4.78 is 5.90. The number of fused-ring (bicyclic) bond motifs is 3. The molecule has 2 amide bonds. The van der Waals surface area contributed by atoms with Gasteiger partial charge >= 0.3 is 12.2 Å². The number of carboxylic acid groups (broad SMARTS) is 1. The molecule has 1 aliphatic carbocycles. The van der Waals surface area contributed by atoms with E-state index >= 15 is 0 Å². The maximum absolute atomic E-state index is 13.2. The lowest BCUT2D eigenvalue weighted by Gasteiger charge is -2.46. The van der Waals surface area contributed by atoms with E-state index in [1.807, 2.05) is 18.2 Å². The Hall–Kier alpha value is -3.49. The number of benzene rings is 3. The van der Waals surface area contributed by atoms with Crippen LogP contribution in [-0.2, 0) is 4.74 Å². The molecule has 1 atom stereocenters. The Bertz CT molecular complexity index is 1350. The standard InChI is InChI=1S/C35H41N3O4S/c39-33(42-24-32-30-12-6-4-10-28(30)29-11-5-7-13-31(29)32)36-26(25-43-27-8-2-1-3-9-27)14-19-37-20-15-35(16-21-37)17-22-38(23-18-35)34(40)41/h1-13,26,32H,14-25H2,(H,36,39)(H,40,41)/t26-/m1/s1. The number of ether oxygens (including phenoxy) is 1. The minimum Gasteiger partial charge on any atom is -0.465 e. The highest BCUT2D eigenvalue weighted by Crippen LogP contribution is 2.44. The molecule has 1 spiro atoms. The van der Waals surface area contributed by atoms with Crippen LogP contribution in [0.3, 0.4) is 0 Å². The van der Waals surface area contributed by atoms with Crippen LogP contribution in [0.4, 0.5) is 9.59 Å². The average Bonchev–Trinajstić information content (AvgIpc) is 3.36. The number of nitrogens with one attached hydrogen (secondary N) is 1. The number of nitrogens with zero attached hydrogens (tertiary/aromatic N) is 2. The molecule has 3 aromatic carbocycles. The maximum Gasteiger partial charge on any atom is 0.407 e. The second-order valence-corrected chi connectivity index (χ2v) is 13.3. The molecular weight excluding hydrogens is 558 g/mol. The fourth-order valence-electron chi connectivity index (χ4n) is 6.98. The molecule has 2 heterocycles. The first kappa shape index (κ1) is 29.6. The monoisotopic (exact) mass is 599 g/mol. The minimum atomic E-state index is -0.796. The van der Waals surface area contributed by atoms with Gasteiger partial charge in [0, 0.05) is 42.2 Å². The zero-order valence-corrected chi connectivity index (χ0v) is 25.4. The quantitative estimate of drug-likeness (QED) is 0.260. The van der Waals surface area contributed by atoms with Gasteiger partial charge in [-0.2, -0.15) is 0 Å². The van der Waals surface area contributed by atoms with Gasteiger partial charge in [-0.3, -0.25) is 0 Å². The van der Waals surface area contributed by atoms with Crippen molar-refractivity contribution in [3.63, 3.8) is 0 Å². The van der Waals surface area contributed by atoms with Gasteiger partial charge in [0.15, 0.2) is 0 Å². The molecule has 8 heteroatoms. The van der Waals surface area contributed by atoms with E-state index < -0.39 is 6.09 Å². The van der Waals surface area contributed by atoms with Gasteiger partial charge in [0.05, 0.1) is 0 Å². The molecule has 3 aliphatic rings. The van der Waals surface area contributed by atoms with Crippen LogP contribution >= 0.6 is 11.8 Å². The van der Waals surface area contributed by atoms with E-state index in [1.54, 1.807) is 16.7 Å². The van der Waals surface area contributed by atoms with Crippen molar-refractivity contribution in [2.45, 2.75) is 49.0 Å². The van der Waals surface area contributed by atoms with Crippen molar-refractivity contribution in [2.75, 3.05) is 45.1 Å². The van der Waals surface area contributed by atoms with Crippen LogP contribution in [0.5, 0.6) is 0 Å². The Morgan fingerprint density at radius 1 is 0.860 bits per heavy atom. The molecule has 2 saturated heterocycles. The van der Waals surface area contributed by atoms with E-state index in [0.717, 1.165) is 57.5 Å². The third kappa shape index (κ3) is 7.02. The van der Waals surface area contributed by atoms with Crippen molar-refractivity contribution in [3.8, 4) is 11.1 Å². The Morgan fingerprint density at radius 3 is 2.07 bits per heavy atom. The van der Waals surface area contributed by atoms with Crippen molar-refractivity contribution < 1.29 is 19.4 Å². The fraction of sp³-hybridized carbons (Fsp3) is 0.429. The Kier molecular flexibility index (Phi) is 9.24. The van der Waals surface area contributed by atoms with Gasteiger partial charge in [0.1, 0.15) is 6.61 Å². The molecule has 226 valence electrons. The van der Waals surface area contributed by atoms with Crippen LogP contribution in [-0.4, -0.2) is 78.2 Å². The molecule has 6 rings (SSSR count). The van der Waals surface area contributed by atoms with Crippen molar-refractivity contribution in [1.29, 1.82) is 0 Å². The van der Waals surface area contributed by atoms with Crippen LogP contribution < -0.4 is 5.32 Å². The highest BCUT2D eigenvalue weighted by molar-refractivity contribution is 7.99. The Morgan fingerprint density at radius 2 is 1.44 bits per heavy atom. The minimum absolute atomic E-state index is 0.0180. The summed E-state index contributed by atoms with van der Waals surface area (Å²) in [5, 5.41) is 12.5. The summed E-state index contributed by atoms with van der Waals surface area (Å²) in [7, 11) is 0. The Labute approximate surface area is 258 Å². The molecule has 7 nitrogen and oxygen atoms in total. The van der Waals surface area contributed by atoms with Gasteiger partial charge in [-0.1, -0.05) is 66.7 Å². The first-order chi connectivity index (χ1) is 21.0. The lowest BCUT2D eigenvalue weighted by molar-refractivity contribution is 0.0355. The van der Waals surface area contributed by atoms with Crippen LogP contribution in [0.2, 0.25) is 0 Å². The lowest BCUT2D eigenvalue weighted by atomic mass is 9.71. The molecule has 0 radical (unpaired) electrons. The van der Waals surface area contributed by atoms with Crippen molar-refractivity contribution in [2.24, 2.45) is 5.41 Å². The summed E-state index contributed by atoms with van der Waals surface area (Å²) in [6.07, 6.45) is 3.86. The summed E-state index contributed by atoms with van der Waals surface area (Å²) >= 11 is 1.76. The van der Waals surface area contributed by atoms with Crippen LogP contribution in [0, 0.1) is 5.41 Å². The first-order valence-corrected chi connectivity index (χ1v) is 16.5. The molecule has 3 aromatic rings. The van der Waals surface area contributed by atoms with Gasteiger partial charge in [-0.15, -0.1) is 11.8 Å². The van der Waals surface area contributed by atoms with Crippen LogP contribution in [0.1, 0.15) is 49.1 Å². The topological polar surface area (TPSA) is 82.1 Å². The van der Waals surface area contributed by atoms with E-state index in [4.69, 9.17) is 4.74 Å². The number of likely N-dealkylation sites (tertiary alicyclic amines) is 2. The average molecular weight is 600 g/mol. The van der Waals surface area contributed by atoms with Crippen LogP contribution in [0.15, 0.2) is 83.8 Å². The van der Waals surface area contributed by atoms with E-state index in [0.29, 0.717) is 19.7 Å². The van der Waals surface area contributed by atoms with Crippen LogP contribution in [0.25, 0.3) is 11.1 Å². The third-order valence-electron chi connectivity index (χ3n) is 9.67. The van der Waals surface area contributed by atoms with Gasteiger partial charge < -0.3 is 25.0 Å². The normalized spacial score (nSPS) is 18.6. The Balaban J connectivity index is 1.03. The summed E-state index contributed by atoms with van der Waals surface area (Å²) in [5.41, 5.74) is 5.15. The van der Waals surface area contributed by atoms with E-state index in [1.165, 1.54) is 27.1 Å². The van der Waals surface area contributed by atoms with Crippen molar-refractivity contribution in [1.82, 2.24) is 15.1 Å². The smallest absolute Gasteiger partial charge is 0.407 e. The predicted octanol–water partition coefficient (Wildman–Crippen LogP) is 6.93. The molecule has 2 aliphatic heterocycles. The summed E-state index contributed by atoms with van der Waals surface area (Å²) in [4.78, 5) is 29.8.